The molecule has 1 unspecified atom stereocenters. The highest BCUT2D eigenvalue weighted by atomic mass is 16.6. The van der Waals surface area contributed by atoms with Crippen LogP contribution < -0.4 is 0 Å². The molecular formula is C77H128O6. The fourth-order valence-electron chi connectivity index (χ4n) is 9.47. The van der Waals surface area contributed by atoms with Crippen molar-refractivity contribution in [2.75, 3.05) is 13.2 Å². The second-order valence-electron chi connectivity index (χ2n) is 22.7. The molecule has 83 heavy (non-hydrogen) atoms. The molecule has 0 bridgehead atoms. The van der Waals surface area contributed by atoms with E-state index < -0.39 is 6.10 Å². The number of carbonyl (C=O) groups excluding carboxylic acids is 3. The molecule has 1 atom stereocenters. The zero-order chi connectivity index (χ0) is 59.9. The normalized spacial score (nSPS) is 13.0. The monoisotopic (exact) mass is 1150 g/mol. The minimum absolute atomic E-state index is 0.0874. The Balaban J connectivity index is 4.36. The standard InChI is InChI=1S/C77H128O6/c1-4-7-10-13-16-19-22-25-28-30-31-32-33-34-35-36-37-38-39-40-41-42-43-44-45-47-49-52-55-58-61-64-67-70-76(79)82-73-74(72-81-75(78)69-66-63-60-57-54-51-48-27-24-21-18-15-12-9-6-3)83-77(80)71-68-65-62-59-56-53-50-46-29-26-23-20-17-14-11-8-5-2/h7,10,16-17,19-20,25-26,28-29,31-32,34-35,37-38,40-41,43-44,47,49,74H,4-6,8-9,11-15,18,21-24,27,30,33,36,39,42,45-46,48,50-73H2,1-3H3/b10-7-,19-16-,20-17-,28-25-,29-26-,32-31-,35-34-,38-37-,41-40-,44-43-,49-47-. The van der Waals surface area contributed by atoms with Crippen molar-refractivity contribution < 1.29 is 28.6 Å². The van der Waals surface area contributed by atoms with E-state index in [9.17, 15) is 14.4 Å². The Hall–Kier alpha value is -4.45. The summed E-state index contributed by atoms with van der Waals surface area (Å²) in [6.45, 7) is 6.50. The van der Waals surface area contributed by atoms with Gasteiger partial charge in [-0.1, -0.05) is 309 Å². The molecule has 0 saturated carbocycles. The molecule has 472 valence electrons. The van der Waals surface area contributed by atoms with Crippen LogP contribution in [0.1, 0.15) is 316 Å². The summed E-state index contributed by atoms with van der Waals surface area (Å²) in [6.07, 6.45) is 98.9. The van der Waals surface area contributed by atoms with E-state index in [1.54, 1.807) is 0 Å². The number of hydrogen-bond donors (Lipinski definition) is 0. The van der Waals surface area contributed by atoms with Crippen molar-refractivity contribution in [3.63, 3.8) is 0 Å². The van der Waals surface area contributed by atoms with Gasteiger partial charge in [0.25, 0.3) is 0 Å². The molecule has 0 heterocycles. The Morgan fingerprint density at radius 3 is 0.759 bits per heavy atom. The van der Waals surface area contributed by atoms with Crippen LogP contribution in [0.25, 0.3) is 0 Å². The highest BCUT2D eigenvalue weighted by Crippen LogP contribution is 2.16. The minimum atomic E-state index is -0.794. The smallest absolute Gasteiger partial charge is 0.306 e. The number of rotatable bonds is 62. The number of carbonyl (C=O) groups is 3. The third kappa shape index (κ3) is 68.2. The Bertz CT molecular complexity index is 1750. The van der Waals surface area contributed by atoms with Crippen molar-refractivity contribution >= 4 is 17.9 Å². The average Bonchev–Trinajstić information content (AvgIpc) is 3.49. The largest absolute Gasteiger partial charge is 0.462 e. The summed E-state index contributed by atoms with van der Waals surface area (Å²) >= 11 is 0. The minimum Gasteiger partial charge on any atom is -0.462 e. The van der Waals surface area contributed by atoms with Crippen LogP contribution in [-0.2, 0) is 28.6 Å². The molecule has 0 rings (SSSR count). The van der Waals surface area contributed by atoms with Crippen LogP contribution in [0.15, 0.2) is 134 Å². The maximum Gasteiger partial charge on any atom is 0.306 e. The summed E-state index contributed by atoms with van der Waals surface area (Å²) in [5, 5.41) is 0. The number of hydrogen-bond acceptors (Lipinski definition) is 6. The molecule has 0 saturated heterocycles. The highest BCUT2D eigenvalue weighted by molar-refractivity contribution is 5.71. The lowest BCUT2D eigenvalue weighted by atomic mass is 10.0. The fraction of sp³-hybridized carbons (Fsp3) is 0.675. The van der Waals surface area contributed by atoms with Gasteiger partial charge in [0.15, 0.2) is 6.10 Å². The number of unbranched alkanes of at least 4 members (excludes halogenated alkanes) is 29. The summed E-state index contributed by atoms with van der Waals surface area (Å²) in [5.74, 6) is -0.907. The number of esters is 3. The van der Waals surface area contributed by atoms with Crippen molar-refractivity contribution in [3.8, 4) is 0 Å². The van der Waals surface area contributed by atoms with E-state index in [1.165, 1.54) is 128 Å². The lowest BCUT2D eigenvalue weighted by molar-refractivity contribution is -0.167. The Morgan fingerprint density at radius 1 is 0.253 bits per heavy atom. The summed E-state index contributed by atoms with van der Waals surface area (Å²) in [5.41, 5.74) is 0. The van der Waals surface area contributed by atoms with Crippen molar-refractivity contribution in [2.45, 2.75) is 322 Å². The van der Waals surface area contributed by atoms with Gasteiger partial charge in [-0.3, -0.25) is 14.4 Å². The van der Waals surface area contributed by atoms with Crippen molar-refractivity contribution in [2.24, 2.45) is 0 Å². The van der Waals surface area contributed by atoms with Crippen LogP contribution >= 0.6 is 0 Å². The number of ether oxygens (including phenoxy) is 3. The molecule has 0 aromatic heterocycles. The maximum absolute atomic E-state index is 12.9. The topological polar surface area (TPSA) is 78.9 Å². The van der Waals surface area contributed by atoms with Crippen LogP contribution in [0.2, 0.25) is 0 Å². The molecule has 0 aliphatic heterocycles. The van der Waals surface area contributed by atoms with E-state index in [-0.39, 0.29) is 31.1 Å². The molecular weight excluding hydrogens is 1020 g/mol. The van der Waals surface area contributed by atoms with Gasteiger partial charge < -0.3 is 14.2 Å². The molecule has 0 aromatic carbocycles. The Labute approximate surface area is 513 Å². The van der Waals surface area contributed by atoms with Gasteiger partial charge in [0, 0.05) is 19.3 Å². The summed E-state index contributed by atoms with van der Waals surface area (Å²) < 4.78 is 16.9. The van der Waals surface area contributed by atoms with Crippen LogP contribution in [0.3, 0.4) is 0 Å². The van der Waals surface area contributed by atoms with E-state index in [1.807, 2.05) is 0 Å². The van der Waals surface area contributed by atoms with E-state index in [0.717, 1.165) is 148 Å². The first-order valence-corrected chi connectivity index (χ1v) is 34.7. The molecule has 0 amide bonds. The predicted octanol–water partition coefficient (Wildman–Crippen LogP) is 24.1. The molecule has 0 N–H and O–H groups in total. The van der Waals surface area contributed by atoms with Gasteiger partial charge in [0.1, 0.15) is 13.2 Å². The molecule has 0 spiro atoms. The molecule has 0 fully saturated rings. The van der Waals surface area contributed by atoms with Crippen LogP contribution in [-0.4, -0.2) is 37.2 Å². The van der Waals surface area contributed by atoms with Gasteiger partial charge in [-0.05, 0) is 122 Å². The Kier molecular flexibility index (Phi) is 66.3. The SMILES string of the molecule is CC/C=C\C/C=C\C/C=C\C/C=C\C/C=C\C/C=C\C/C=C\C/C=C\C/C=C\CCCCCCCC(=O)OCC(COC(=O)CCCCCCCCCCCCCCCCC)OC(=O)CCCCCCCCC/C=C\C/C=C\CCCCC. The predicted molar refractivity (Wildman–Crippen MR) is 362 cm³/mol. The molecule has 6 nitrogen and oxygen atoms in total. The summed E-state index contributed by atoms with van der Waals surface area (Å²) in [4.78, 5) is 38.4. The molecule has 0 aliphatic carbocycles. The first-order chi connectivity index (χ1) is 41.0. The quantitative estimate of drug-likeness (QED) is 0.0261. The second kappa shape index (κ2) is 70.0. The van der Waals surface area contributed by atoms with Crippen LogP contribution in [0.5, 0.6) is 0 Å². The lowest BCUT2D eigenvalue weighted by Crippen LogP contribution is -2.30. The second-order valence-corrected chi connectivity index (χ2v) is 22.7. The average molecular weight is 1150 g/mol. The zero-order valence-corrected chi connectivity index (χ0v) is 54.2. The van der Waals surface area contributed by atoms with E-state index in [4.69, 9.17) is 14.2 Å². The molecule has 0 aromatic rings. The third-order valence-electron chi connectivity index (χ3n) is 14.6. The molecule has 0 radical (unpaired) electrons. The van der Waals surface area contributed by atoms with Crippen molar-refractivity contribution in [1.29, 1.82) is 0 Å². The first-order valence-electron chi connectivity index (χ1n) is 34.7. The van der Waals surface area contributed by atoms with Crippen molar-refractivity contribution in [3.05, 3.63) is 134 Å². The summed E-state index contributed by atoms with van der Waals surface area (Å²) in [6, 6.07) is 0. The van der Waals surface area contributed by atoms with Gasteiger partial charge in [-0.2, -0.15) is 0 Å². The molecule has 0 aliphatic rings. The maximum atomic E-state index is 12.9. The van der Waals surface area contributed by atoms with E-state index in [0.29, 0.717) is 19.3 Å². The van der Waals surface area contributed by atoms with Gasteiger partial charge in [0.05, 0.1) is 0 Å². The van der Waals surface area contributed by atoms with Crippen LogP contribution in [0.4, 0.5) is 0 Å². The van der Waals surface area contributed by atoms with E-state index in [2.05, 4.69) is 154 Å². The first kappa shape index (κ1) is 78.5. The van der Waals surface area contributed by atoms with Crippen molar-refractivity contribution in [1.82, 2.24) is 0 Å². The fourth-order valence-corrected chi connectivity index (χ4v) is 9.47. The zero-order valence-electron chi connectivity index (χ0n) is 54.2. The van der Waals surface area contributed by atoms with Crippen LogP contribution in [0, 0.1) is 0 Å². The molecule has 6 heteroatoms. The Morgan fingerprint density at radius 2 is 0.470 bits per heavy atom. The van der Waals surface area contributed by atoms with Gasteiger partial charge >= 0.3 is 17.9 Å². The summed E-state index contributed by atoms with van der Waals surface area (Å²) in [7, 11) is 0. The third-order valence-corrected chi connectivity index (χ3v) is 14.6. The van der Waals surface area contributed by atoms with E-state index >= 15 is 0 Å². The highest BCUT2D eigenvalue weighted by Gasteiger charge is 2.19. The van der Waals surface area contributed by atoms with Gasteiger partial charge in [0.2, 0.25) is 0 Å². The number of allylic oxidation sites excluding steroid dienone is 22. The van der Waals surface area contributed by atoms with Gasteiger partial charge in [-0.15, -0.1) is 0 Å². The van der Waals surface area contributed by atoms with Gasteiger partial charge in [-0.25, -0.2) is 0 Å². The lowest BCUT2D eigenvalue weighted by Gasteiger charge is -2.18.